The van der Waals surface area contributed by atoms with E-state index in [1.165, 1.54) is 6.92 Å². The van der Waals surface area contributed by atoms with E-state index in [1.54, 1.807) is 31.7 Å². The average Bonchev–Trinajstić information content (AvgIpc) is 3.05. The molecule has 10 heteroatoms. The van der Waals surface area contributed by atoms with Gasteiger partial charge in [0.05, 0.1) is 24.4 Å². The van der Waals surface area contributed by atoms with Gasteiger partial charge in [0.25, 0.3) is 5.91 Å². The number of nitrogens with zero attached hydrogens (tertiary/aromatic N) is 4. The molecule has 0 radical (unpaired) electrons. The molecule has 190 valence electrons. The second-order valence-electron chi connectivity index (χ2n) is 9.46. The van der Waals surface area contributed by atoms with Gasteiger partial charge in [0, 0.05) is 49.9 Å². The molecule has 0 spiro atoms. The summed E-state index contributed by atoms with van der Waals surface area (Å²) in [5.74, 6) is -0.723. The summed E-state index contributed by atoms with van der Waals surface area (Å²) in [6.07, 6.45) is -0.660. The lowest BCUT2D eigenvalue weighted by atomic mass is 9.99. The molecule has 0 aromatic heterocycles. The van der Waals surface area contributed by atoms with E-state index in [9.17, 15) is 14.4 Å². The molecule has 0 saturated carbocycles. The Morgan fingerprint density at radius 1 is 1.17 bits per heavy atom. The number of rotatable bonds is 5. The lowest BCUT2D eigenvalue weighted by molar-refractivity contribution is -0.131. The Kier molecular flexibility index (Phi) is 7.84. The van der Waals surface area contributed by atoms with Gasteiger partial charge in [-0.25, -0.2) is 4.79 Å². The number of amides is 3. The Morgan fingerprint density at radius 2 is 1.83 bits per heavy atom. The fourth-order valence-corrected chi connectivity index (χ4v) is 4.58. The number of nitrogens with one attached hydrogen (secondary N) is 1. The minimum atomic E-state index is -0.863. The molecule has 2 aliphatic rings. The molecule has 2 aliphatic heterocycles. The predicted octanol–water partition coefficient (Wildman–Crippen LogP) is 1.89. The van der Waals surface area contributed by atoms with Gasteiger partial charge in [0.15, 0.2) is 0 Å². The van der Waals surface area contributed by atoms with E-state index >= 15 is 0 Å². The van der Waals surface area contributed by atoms with Gasteiger partial charge >= 0.3 is 6.09 Å². The van der Waals surface area contributed by atoms with E-state index < -0.39 is 17.5 Å². The number of likely N-dealkylation sites (N-methyl/N-ethyl adjacent to an activating group) is 1. The molecule has 0 aliphatic carbocycles. The van der Waals surface area contributed by atoms with Crippen molar-refractivity contribution < 1.29 is 19.1 Å². The molecule has 0 unspecified atom stereocenters. The number of aryl methyl sites for hydroxylation is 1. The van der Waals surface area contributed by atoms with Gasteiger partial charge in [-0.15, -0.1) is 0 Å². The average molecular weight is 485 g/mol. The van der Waals surface area contributed by atoms with Crippen LogP contribution in [0.2, 0.25) is 0 Å². The maximum absolute atomic E-state index is 13.0. The summed E-state index contributed by atoms with van der Waals surface area (Å²) < 4.78 is 5.01. The lowest BCUT2D eigenvalue weighted by Crippen LogP contribution is -2.47. The molecule has 10 nitrogen and oxygen atoms in total. The normalized spacial score (nSPS) is 18.6. The number of benzene rings is 1. The number of hydrogen-bond donors (Lipinski definition) is 2. The van der Waals surface area contributed by atoms with Crippen LogP contribution in [0.1, 0.15) is 43.6 Å². The molecular formula is C25H36N6O4. The van der Waals surface area contributed by atoms with Gasteiger partial charge in [0.1, 0.15) is 5.84 Å². The number of aliphatic imine (C=N–C) groups is 1. The van der Waals surface area contributed by atoms with Crippen molar-refractivity contribution in [2.24, 2.45) is 10.7 Å². The summed E-state index contributed by atoms with van der Waals surface area (Å²) in [4.78, 5) is 47.7. The monoisotopic (exact) mass is 484 g/mol. The van der Waals surface area contributed by atoms with Crippen LogP contribution in [-0.4, -0.2) is 85.5 Å². The summed E-state index contributed by atoms with van der Waals surface area (Å²) in [7, 11) is 2.11. The van der Waals surface area contributed by atoms with Crippen molar-refractivity contribution >= 4 is 29.4 Å². The van der Waals surface area contributed by atoms with Crippen LogP contribution in [0.15, 0.2) is 34.5 Å². The van der Waals surface area contributed by atoms with Gasteiger partial charge in [-0.05, 0) is 58.5 Å². The van der Waals surface area contributed by atoms with E-state index in [0.717, 1.165) is 37.4 Å². The van der Waals surface area contributed by atoms with Crippen LogP contribution in [0.5, 0.6) is 0 Å². The Bertz CT molecular complexity index is 1070. The van der Waals surface area contributed by atoms with Gasteiger partial charge in [-0.1, -0.05) is 0 Å². The molecule has 1 aromatic carbocycles. The van der Waals surface area contributed by atoms with Crippen LogP contribution in [0.25, 0.3) is 0 Å². The minimum absolute atomic E-state index is 0.0422. The van der Waals surface area contributed by atoms with Crippen LogP contribution in [0.3, 0.4) is 0 Å². The van der Waals surface area contributed by atoms with Crippen LogP contribution < -0.4 is 16.0 Å². The van der Waals surface area contributed by atoms with Crippen molar-refractivity contribution in [3.8, 4) is 0 Å². The van der Waals surface area contributed by atoms with E-state index in [0.29, 0.717) is 16.8 Å². The number of alkyl carbamates (subject to hydrolysis) is 1. The molecule has 1 aromatic rings. The van der Waals surface area contributed by atoms with Crippen molar-refractivity contribution in [1.29, 1.82) is 0 Å². The van der Waals surface area contributed by atoms with Crippen LogP contribution in [-0.2, 0) is 9.53 Å². The molecule has 1 saturated heterocycles. The standard InChI is InChI=1S/C25H36N6O4/c1-7-35-24(34)27-21-19(15-31(17(3)32)25(21,4)5)22(26)28-23(33)18-8-9-20(16(2)14-18)30-12-10-29(6)11-13-30/h8-9,14H,7,10-13,15H2,1-6H3,(H,27,34)(H2,26,28,33). The molecule has 3 N–H and O–H groups in total. The summed E-state index contributed by atoms with van der Waals surface area (Å²) >= 11 is 0. The molecule has 3 amide bonds. The highest BCUT2D eigenvalue weighted by molar-refractivity contribution is 6.10. The van der Waals surface area contributed by atoms with E-state index in [4.69, 9.17) is 10.5 Å². The highest BCUT2D eigenvalue weighted by Crippen LogP contribution is 2.33. The Labute approximate surface area is 206 Å². The first kappa shape index (κ1) is 26.2. The van der Waals surface area contributed by atoms with Crippen LogP contribution in [0.4, 0.5) is 10.5 Å². The van der Waals surface area contributed by atoms with Crippen molar-refractivity contribution in [1.82, 2.24) is 15.1 Å². The van der Waals surface area contributed by atoms with Crippen LogP contribution in [0, 0.1) is 6.92 Å². The predicted molar refractivity (Wildman–Crippen MR) is 135 cm³/mol. The molecule has 0 bridgehead atoms. The summed E-state index contributed by atoms with van der Waals surface area (Å²) in [5.41, 5.74) is 8.72. The zero-order valence-corrected chi connectivity index (χ0v) is 21.5. The fourth-order valence-electron chi connectivity index (χ4n) is 4.58. The van der Waals surface area contributed by atoms with E-state index in [1.807, 2.05) is 19.1 Å². The number of ether oxygens (including phenoxy) is 1. The third-order valence-corrected chi connectivity index (χ3v) is 6.61. The largest absolute Gasteiger partial charge is 0.450 e. The second kappa shape index (κ2) is 10.5. The number of hydrogen-bond acceptors (Lipinski definition) is 6. The number of anilines is 1. The van der Waals surface area contributed by atoms with Gasteiger partial charge < -0.3 is 25.2 Å². The van der Waals surface area contributed by atoms with E-state index in [-0.39, 0.29) is 24.9 Å². The highest BCUT2D eigenvalue weighted by atomic mass is 16.5. The highest BCUT2D eigenvalue weighted by Gasteiger charge is 2.43. The summed E-state index contributed by atoms with van der Waals surface area (Å²) in [6, 6.07) is 5.52. The minimum Gasteiger partial charge on any atom is -0.450 e. The maximum Gasteiger partial charge on any atom is 0.411 e. The molecule has 35 heavy (non-hydrogen) atoms. The summed E-state index contributed by atoms with van der Waals surface area (Å²) in [5, 5.41) is 2.70. The lowest BCUT2D eigenvalue weighted by Gasteiger charge is -2.35. The molecule has 0 atom stereocenters. The number of carbonyl (C=O) groups is 3. The van der Waals surface area contributed by atoms with Gasteiger partial charge in [0.2, 0.25) is 5.91 Å². The second-order valence-corrected chi connectivity index (χ2v) is 9.46. The van der Waals surface area contributed by atoms with Gasteiger partial charge in [-0.2, -0.15) is 4.99 Å². The van der Waals surface area contributed by atoms with Crippen molar-refractivity contribution in [3.05, 3.63) is 40.6 Å². The first-order chi connectivity index (χ1) is 16.4. The Hall–Kier alpha value is -3.40. The number of amidine groups is 1. The van der Waals surface area contributed by atoms with Crippen molar-refractivity contribution in [3.63, 3.8) is 0 Å². The van der Waals surface area contributed by atoms with E-state index in [2.05, 4.69) is 27.2 Å². The van der Waals surface area contributed by atoms with Crippen molar-refractivity contribution in [2.75, 3.05) is 51.3 Å². The zero-order chi connectivity index (χ0) is 25.9. The molecule has 3 rings (SSSR count). The smallest absolute Gasteiger partial charge is 0.411 e. The number of nitrogens with two attached hydrogens (primary N) is 1. The molecule has 1 fully saturated rings. The third-order valence-electron chi connectivity index (χ3n) is 6.61. The zero-order valence-electron chi connectivity index (χ0n) is 21.5. The molecular weight excluding hydrogens is 448 g/mol. The Morgan fingerprint density at radius 3 is 2.40 bits per heavy atom. The Balaban J connectivity index is 1.88. The fraction of sp³-hybridized carbons (Fsp3) is 0.520. The number of piperazine rings is 1. The first-order valence-corrected chi connectivity index (χ1v) is 11.8. The molecule has 2 heterocycles. The van der Waals surface area contributed by atoms with Gasteiger partial charge in [-0.3, -0.25) is 14.9 Å². The topological polar surface area (TPSA) is 121 Å². The third kappa shape index (κ3) is 5.64. The quantitative estimate of drug-likeness (QED) is 0.484. The van der Waals surface area contributed by atoms with Crippen molar-refractivity contribution in [2.45, 2.75) is 40.2 Å². The maximum atomic E-state index is 13.0. The summed E-state index contributed by atoms with van der Waals surface area (Å²) in [6.45, 7) is 12.9. The number of carbonyl (C=O) groups excluding carboxylic acids is 3. The van der Waals surface area contributed by atoms with Crippen LogP contribution >= 0.6 is 0 Å². The first-order valence-electron chi connectivity index (χ1n) is 11.8. The SMILES string of the molecule is CCOC(=O)NC1=C(C(N)=NC(=O)c2ccc(N3CCN(C)CC3)c(C)c2)CN(C(C)=O)C1(C)C.